The molecule has 1 aromatic heterocycles. The van der Waals surface area contributed by atoms with Crippen LogP contribution < -0.4 is 5.32 Å². The molecule has 0 unspecified atom stereocenters. The highest BCUT2D eigenvalue weighted by Crippen LogP contribution is 2.29. The van der Waals surface area contributed by atoms with Crippen molar-refractivity contribution >= 4 is 17.6 Å². The minimum Gasteiger partial charge on any atom is -0.481 e. The smallest absolute Gasteiger partial charge is 0.306 e. The third-order valence-electron chi connectivity index (χ3n) is 3.21. The van der Waals surface area contributed by atoms with E-state index in [9.17, 15) is 9.59 Å². The average molecular weight is 237 g/mol. The third-order valence-corrected chi connectivity index (χ3v) is 3.21. The number of rotatable bonds is 3. The minimum absolute atomic E-state index is 0.0461. The molecule has 1 aliphatic rings. The Morgan fingerprint density at radius 3 is 2.47 bits per heavy atom. The van der Waals surface area contributed by atoms with E-state index in [2.05, 4.69) is 15.5 Å². The second kappa shape index (κ2) is 4.99. The van der Waals surface area contributed by atoms with Gasteiger partial charge in [-0.15, -0.1) is 0 Å². The van der Waals surface area contributed by atoms with E-state index in [1.165, 1.54) is 0 Å². The van der Waals surface area contributed by atoms with Gasteiger partial charge in [0, 0.05) is 12.1 Å². The number of carbonyl (C=O) groups excluding carboxylic acids is 1. The van der Waals surface area contributed by atoms with Crippen LogP contribution in [0.3, 0.4) is 0 Å². The van der Waals surface area contributed by atoms with Crippen LogP contribution in [-0.4, -0.2) is 27.2 Å². The maximum atomic E-state index is 11.8. The zero-order valence-electron chi connectivity index (χ0n) is 9.35. The highest BCUT2D eigenvalue weighted by molar-refractivity contribution is 5.92. The number of nitrogens with zero attached hydrogens (tertiary/aromatic N) is 1. The quantitative estimate of drug-likeness (QED) is 0.737. The number of carboxylic acids is 1. The number of hydrogen-bond acceptors (Lipinski definition) is 3. The monoisotopic (exact) mass is 237 g/mol. The fraction of sp³-hybridized carbons (Fsp3) is 0.545. The second-order valence-electron chi connectivity index (χ2n) is 4.36. The van der Waals surface area contributed by atoms with E-state index in [1.807, 2.05) is 0 Å². The Morgan fingerprint density at radius 2 is 1.94 bits per heavy atom. The zero-order valence-corrected chi connectivity index (χ0v) is 9.35. The number of aromatic nitrogens is 2. The Labute approximate surface area is 98.4 Å². The van der Waals surface area contributed by atoms with E-state index in [1.54, 1.807) is 12.4 Å². The summed E-state index contributed by atoms with van der Waals surface area (Å²) in [5, 5.41) is 18.0. The predicted molar refractivity (Wildman–Crippen MR) is 60.3 cm³/mol. The molecule has 1 fully saturated rings. The maximum Gasteiger partial charge on any atom is 0.306 e. The van der Waals surface area contributed by atoms with Crippen LogP contribution in [0.5, 0.6) is 0 Å². The molecule has 0 saturated heterocycles. The lowest BCUT2D eigenvalue weighted by atomic mass is 9.81. The number of hydrogen-bond donors (Lipinski definition) is 3. The van der Waals surface area contributed by atoms with Gasteiger partial charge in [-0.3, -0.25) is 14.7 Å². The molecule has 1 heterocycles. The summed E-state index contributed by atoms with van der Waals surface area (Å²) >= 11 is 0. The molecular formula is C11H15N3O3. The van der Waals surface area contributed by atoms with E-state index in [0.29, 0.717) is 31.4 Å². The Morgan fingerprint density at radius 1 is 1.29 bits per heavy atom. The van der Waals surface area contributed by atoms with Crippen molar-refractivity contribution in [2.75, 3.05) is 5.32 Å². The summed E-state index contributed by atoms with van der Waals surface area (Å²) in [6, 6.07) is 0. The molecule has 92 valence electrons. The van der Waals surface area contributed by atoms with Crippen molar-refractivity contribution in [1.29, 1.82) is 0 Å². The first-order valence-electron chi connectivity index (χ1n) is 5.69. The van der Waals surface area contributed by atoms with Crippen molar-refractivity contribution in [3.8, 4) is 0 Å². The number of aliphatic carboxylic acids is 1. The molecule has 0 aliphatic heterocycles. The van der Waals surface area contributed by atoms with Gasteiger partial charge < -0.3 is 10.4 Å². The lowest BCUT2D eigenvalue weighted by molar-refractivity contribution is -0.143. The predicted octanol–water partition coefficient (Wildman–Crippen LogP) is 1.24. The molecule has 1 saturated carbocycles. The number of anilines is 1. The molecule has 2 rings (SSSR count). The summed E-state index contributed by atoms with van der Waals surface area (Å²) in [5.74, 6) is -1.16. The van der Waals surface area contributed by atoms with Crippen LogP contribution in [0.1, 0.15) is 25.7 Å². The molecule has 0 bridgehead atoms. The second-order valence-corrected chi connectivity index (χ2v) is 4.36. The molecule has 17 heavy (non-hydrogen) atoms. The van der Waals surface area contributed by atoms with E-state index >= 15 is 0 Å². The molecule has 0 radical (unpaired) electrons. The zero-order chi connectivity index (χ0) is 12.3. The molecule has 6 nitrogen and oxygen atoms in total. The van der Waals surface area contributed by atoms with Crippen molar-refractivity contribution < 1.29 is 14.7 Å². The standard InChI is InChI=1S/C11H15N3O3/c15-10(14-9-5-12-13-6-9)7-1-3-8(4-2-7)11(16)17/h5-8H,1-4H2,(H,12,13)(H,14,15)(H,16,17). The third kappa shape index (κ3) is 2.83. The van der Waals surface area contributed by atoms with E-state index in [0.717, 1.165) is 0 Å². The van der Waals surface area contributed by atoms with Gasteiger partial charge in [0.25, 0.3) is 0 Å². The highest BCUT2D eigenvalue weighted by Gasteiger charge is 2.29. The molecular weight excluding hydrogens is 222 g/mol. The van der Waals surface area contributed by atoms with Gasteiger partial charge in [0.1, 0.15) is 0 Å². The summed E-state index contributed by atoms with van der Waals surface area (Å²) in [5.41, 5.74) is 0.648. The summed E-state index contributed by atoms with van der Waals surface area (Å²) in [6.07, 6.45) is 5.60. The number of nitrogens with one attached hydrogen (secondary N) is 2. The van der Waals surface area contributed by atoms with Gasteiger partial charge in [-0.2, -0.15) is 5.10 Å². The number of amides is 1. The van der Waals surface area contributed by atoms with Crippen LogP contribution in [0.25, 0.3) is 0 Å². The van der Waals surface area contributed by atoms with E-state index in [4.69, 9.17) is 5.11 Å². The van der Waals surface area contributed by atoms with Gasteiger partial charge >= 0.3 is 5.97 Å². The first-order valence-corrected chi connectivity index (χ1v) is 5.69. The van der Waals surface area contributed by atoms with Crippen LogP contribution >= 0.6 is 0 Å². The van der Waals surface area contributed by atoms with Gasteiger partial charge in [-0.1, -0.05) is 0 Å². The average Bonchev–Trinajstić information content (AvgIpc) is 2.82. The maximum absolute atomic E-state index is 11.8. The molecule has 1 amide bonds. The fourth-order valence-corrected chi connectivity index (χ4v) is 2.17. The van der Waals surface area contributed by atoms with Crippen molar-refractivity contribution in [1.82, 2.24) is 10.2 Å². The lowest BCUT2D eigenvalue weighted by Crippen LogP contribution is -2.29. The Kier molecular flexibility index (Phi) is 3.41. The lowest BCUT2D eigenvalue weighted by Gasteiger charge is -2.24. The molecule has 0 spiro atoms. The Hall–Kier alpha value is -1.85. The van der Waals surface area contributed by atoms with E-state index < -0.39 is 5.97 Å². The first kappa shape index (κ1) is 11.6. The van der Waals surface area contributed by atoms with Gasteiger partial charge in [0.2, 0.25) is 5.91 Å². The van der Waals surface area contributed by atoms with Crippen LogP contribution in [0.4, 0.5) is 5.69 Å². The highest BCUT2D eigenvalue weighted by atomic mass is 16.4. The summed E-state index contributed by atoms with van der Waals surface area (Å²) in [6.45, 7) is 0. The van der Waals surface area contributed by atoms with Crippen LogP contribution in [0.15, 0.2) is 12.4 Å². The normalized spacial score (nSPS) is 24.2. The van der Waals surface area contributed by atoms with E-state index in [-0.39, 0.29) is 17.7 Å². The van der Waals surface area contributed by atoms with Crippen molar-refractivity contribution in [2.45, 2.75) is 25.7 Å². The number of aromatic amines is 1. The number of carbonyl (C=O) groups is 2. The SMILES string of the molecule is O=C(O)C1CCC(C(=O)Nc2cn[nH]c2)CC1. The minimum atomic E-state index is -0.751. The molecule has 0 aromatic carbocycles. The molecule has 1 aliphatic carbocycles. The van der Waals surface area contributed by atoms with Crippen molar-refractivity contribution in [3.05, 3.63) is 12.4 Å². The van der Waals surface area contributed by atoms with Crippen LogP contribution in [0.2, 0.25) is 0 Å². The molecule has 0 atom stereocenters. The largest absolute Gasteiger partial charge is 0.481 e. The van der Waals surface area contributed by atoms with Gasteiger partial charge in [0.05, 0.1) is 17.8 Å². The Bertz CT molecular complexity index is 394. The Balaban J connectivity index is 1.84. The molecule has 3 N–H and O–H groups in total. The number of H-pyrrole nitrogens is 1. The summed E-state index contributed by atoms with van der Waals surface area (Å²) < 4.78 is 0. The summed E-state index contributed by atoms with van der Waals surface area (Å²) in [7, 11) is 0. The van der Waals surface area contributed by atoms with Crippen LogP contribution in [-0.2, 0) is 9.59 Å². The topological polar surface area (TPSA) is 95.1 Å². The summed E-state index contributed by atoms with van der Waals surface area (Å²) in [4.78, 5) is 22.6. The van der Waals surface area contributed by atoms with Crippen molar-refractivity contribution in [2.24, 2.45) is 11.8 Å². The molecule has 1 aromatic rings. The number of carboxylic acid groups (broad SMARTS) is 1. The molecule has 6 heteroatoms. The fourth-order valence-electron chi connectivity index (χ4n) is 2.17. The first-order chi connectivity index (χ1) is 8.16. The van der Waals surface area contributed by atoms with Crippen LogP contribution in [0, 0.1) is 11.8 Å². The van der Waals surface area contributed by atoms with Gasteiger partial charge in [0.15, 0.2) is 0 Å². The van der Waals surface area contributed by atoms with Gasteiger partial charge in [-0.25, -0.2) is 0 Å². The van der Waals surface area contributed by atoms with Crippen molar-refractivity contribution in [3.63, 3.8) is 0 Å². The van der Waals surface area contributed by atoms with Gasteiger partial charge in [-0.05, 0) is 25.7 Å².